The molecular weight excluding hydrogens is 321 g/mol. The molecule has 0 saturated carbocycles. The summed E-state index contributed by atoms with van der Waals surface area (Å²) in [5.41, 5.74) is 3.92. The third-order valence-corrected chi connectivity index (χ3v) is 3.23. The van der Waals surface area contributed by atoms with E-state index in [9.17, 15) is 9.18 Å². The van der Waals surface area contributed by atoms with Gasteiger partial charge in [-0.3, -0.25) is 5.43 Å². The third-order valence-electron chi connectivity index (χ3n) is 3.23. The van der Waals surface area contributed by atoms with Gasteiger partial charge in [-0.25, -0.2) is 14.2 Å². The number of pyridine rings is 1. The Bertz CT molecular complexity index is 863. The number of carbonyl (C=O) groups is 1. The summed E-state index contributed by atoms with van der Waals surface area (Å²) in [6, 6.07) is 17.5. The van der Waals surface area contributed by atoms with Gasteiger partial charge >= 0.3 is 5.97 Å². The van der Waals surface area contributed by atoms with Crippen LogP contribution in [0.1, 0.15) is 15.9 Å². The zero-order valence-corrected chi connectivity index (χ0v) is 13.1. The van der Waals surface area contributed by atoms with Gasteiger partial charge in [0.05, 0.1) is 11.8 Å². The number of hydrazone groups is 1. The van der Waals surface area contributed by atoms with Crippen LogP contribution >= 0.6 is 0 Å². The Morgan fingerprint density at radius 3 is 2.48 bits per heavy atom. The number of benzene rings is 2. The van der Waals surface area contributed by atoms with Gasteiger partial charge in [-0.05, 0) is 66.2 Å². The highest BCUT2D eigenvalue weighted by atomic mass is 19.1. The second-order valence-electron chi connectivity index (χ2n) is 5.05. The van der Waals surface area contributed by atoms with Crippen LogP contribution in [0.3, 0.4) is 0 Å². The van der Waals surface area contributed by atoms with Gasteiger partial charge in [0.1, 0.15) is 17.4 Å². The molecule has 25 heavy (non-hydrogen) atoms. The molecule has 0 radical (unpaired) electrons. The van der Waals surface area contributed by atoms with Crippen LogP contribution in [0.4, 0.5) is 10.2 Å². The predicted octanol–water partition coefficient (Wildman–Crippen LogP) is 3.89. The SMILES string of the molecule is O=C(Oc1ccc(/C=N/Nc2ccccn2)cc1)c1ccc(F)cc1. The van der Waals surface area contributed by atoms with Crippen molar-refractivity contribution in [2.24, 2.45) is 5.10 Å². The molecule has 6 heteroatoms. The van der Waals surface area contributed by atoms with Crippen molar-refractivity contribution in [2.75, 3.05) is 5.43 Å². The molecule has 1 aromatic heterocycles. The summed E-state index contributed by atoms with van der Waals surface area (Å²) in [6.07, 6.45) is 3.29. The van der Waals surface area contributed by atoms with E-state index in [0.29, 0.717) is 11.6 Å². The van der Waals surface area contributed by atoms with E-state index in [4.69, 9.17) is 4.74 Å². The summed E-state index contributed by atoms with van der Waals surface area (Å²) in [5.74, 6) is 0.0884. The summed E-state index contributed by atoms with van der Waals surface area (Å²) >= 11 is 0. The van der Waals surface area contributed by atoms with Gasteiger partial charge in [0, 0.05) is 6.20 Å². The van der Waals surface area contributed by atoms with E-state index in [1.54, 1.807) is 42.7 Å². The normalized spacial score (nSPS) is 10.6. The number of rotatable bonds is 5. The molecule has 0 atom stereocenters. The molecule has 1 heterocycles. The number of carbonyl (C=O) groups excluding carboxylic acids is 1. The fraction of sp³-hybridized carbons (Fsp3) is 0. The Morgan fingerprint density at radius 1 is 1.04 bits per heavy atom. The first kappa shape index (κ1) is 16.3. The summed E-state index contributed by atoms with van der Waals surface area (Å²) < 4.78 is 18.1. The average Bonchev–Trinajstić information content (AvgIpc) is 2.64. The van der Waals surface area contributed by atoms with Gasteiger partial charge in [-0.2, -0.15) is 5.10 Å². The number of nitrogens with one attached hydrogen (secondary N) is 1. The second kappa shape index (κ2) is 7.83. The Kier molecular flexibility index (Phi) is 5.11. The van der Waals surface area contributed by atoms with Gasteiger partial charge in [-0.15, -0.1) is 0 Å². The molecule has 3 aromatic rings. The van der Waals surface area contributed by atoms with Gasteiger partial charge in [0.2, 0.25) is 0 Å². The Hall–Kier alpha value is -3.54. The minimum Gasteiger partial charge on any atom is -0.423 e. The molecule has 124 valence electrons. The number of aromatic nitrogens is 1. The zero-order chi connectivity index (χ0) is 17.5. The van der Waals surface area contributed by atoms with Crippen molar-refractivity contribution in [1.82, 2.24) is 4.98 Å². The number of hydrogen-bond acceptors (Lipinski definition) is 5. The molecule has 0 bridgehead atoms. The van der Waals surface area contributed by atoms with Crippen molar-refractivity contribution in [3.8, 4) is 5.75 Å². The van der Waals surface area contributed by atoms with Crippen LogP contribution in [0.2, 0.25) is 0 Å². The molecule has 1 N–H and O–H groups in total. The highest BCUT2D eigenvalue weighted by Crippen LogP contribution is 2.14. The fourth-order valence-corrected chi connectivity index (χ4v) is 1.98. The molecule has 0 aliphatic rings. The van der Waals surface area contributed by atoms with E-state index in [0.717, 1.165) is 5.56 Å². The molecule has 0 unspecified atom stereocenters. The van der Waals surface area contributed by atoms with Crippen LogP contribution in [0.15, 0.2) is 78.0 Å². The standard InChI is InChI=1S/C19H14FN3O2/c20-16-8-6-15(7-9-16)19(24)25-17-10-4-14(5-11-17)13-22-23-18-3-1-2-12-21-18/h1-13H,(H,21,23)/b22-13+. The molecule has 2 aromatic carbocycles. The number of nitrogens with zero attached hydrogens (tertiary/aromatic N) is 2. The summed E-state index contributed by atoms with van der Waals surface area (Å²) in [7, 11) is 0. The lowest BCUT2D eigenvalue weighted by Crippen LogP contribution is -2.08. The van der Waals surface area contributed by atoms with E-state index < -0.39 is 11.8 Å². The first-order valence-corrected chi connectivity index (χ1v) is 7.49. The third kappa shape index (κ3) is 4.71. The lowest BCUT2D eigenvalue weighted by Gasteiger charge is -2.04. The predicted molar refractivity (Wildman–Crippen MR) is 93.3 cm³/mol. The van der Waals surface area contributed by atoms with E-state index in [1.165, 1.54) is 24.3 Å². The van der Waals surface area contributed by atoms with Crippen LogP contribution in [-0.2, 0) is 0 Å². The summed E-state index contributed by atoms with van der Waals surface area (Å²) in [5, 5.41) is 4.08. The average molecular weight is 335 g/mol. The topological polar surface area (TPSA) is 63.6 Å². The molecule has 0 aliphatic heterocycles. The quantitative estimate of drug-likeness (QED) is 0.333. The van der Waals surface area contributed by atoms with Crippen molar-refractivity contribution >= 4 is 18.0 Å². The van der Waals surface area contributed by atoms with E-state index in [2.05, 4.69) is 15.5 Å². The number of anilines is 1. The minimum absolute atomic E-state index is 0.284. The molecule has 0 aliphatic carbocycles. The monoisotopic (exact) mass is 335 g/mol. The van der Waals surface area contributed by atoms with E-state index in [1.807, 2.05) is 12.1 Å². The van der Waals surface area contributed by atoms with E-state index >= 15 is 0 Å². The van der Waals surface area contributed by atoms with Crippen molar-refractivity contribution < 1.29 is 13.9 Å². The number of ether oxygens (including phenoxy) is 1. The van der Waals surface area contributed by atoms with Crippen molar-refractivity contribution in [2.45, 2.75) is 0 Å². The largest absolute Gasteiger partial charge is 0.423 e. The molecule has 0 saturated heterocycles. The first-order valence-electron chi connectivity index (χ1n) is 7.49. The maximum atomic E-state index is 12.9. The Labute approximate surface area is 143 Å². The lowest BCUT2D eigenvalue weighted by atomic mass is 10.2. The Balaban J connectivity index is 1.58. The number of hydrogen-bond donors (Lipinski definition) is 1. The lowest BCUT2D eigenvalue weighted by molar-refractivity contribution is 0.0734. The van der Waals surface area contributed by atoms with Crippen molar-refractivity contribution in [3.63, 3.8) is 0 Å². The molecule has 0 fully saturated rings. The summed E-state index contributed by atoms with van der Waals surface area (Å²) in [4.78, 5) is 16.0. The summed E-state index contributed by atoms with van der Waals surface area (Å²) in [6.45, 7) is 0. The van der Waals surface area contributed by atoms with Gasteiger partial charge in [-0.1, -0.05) is 6.07 Å². The van der Waals surface area contributed by atoms with E-state index in [-0.39, 0.29) is 5.56 Å². The smallest absolute Gasteiger partial charge is 0.343 e. The minimum atomic E-state index is -0.543. The zero-order valence-electron chi connectivity index (χ0n) is 13.1. The second-order valence-corrected chi connectivity index (χ2v) is 5.05. The highest BCUT2D eigenvalue weighted by Gasteiger charge is 2.08. The Morgan fingerprint density at radius 2 is 1.80 bits per heavy atom. The molecular formula is C19H14FN3O2. The van der Waals surface area contributed by atoms with Gasteiger partial charge < -0.3 is 4.74 Å². The number of esters is 1. The molecule has 0 amide bonds. The van der Waals surface area contributed by atoms with Crippen LogP contribution in [0.5, 0.6) is 5.75 Å². The maximum Gasteiger partial charge on any atom is 0.343 e. The van der Waals surface area contributed by atoms with Crippen LogP contribution < -0.4 is 10.2 Å². The van der Waals surface area contributed by atoms with Crippen LogP contribution in [0, 0.1) is 5.82 Å². The highest BCUT2D eigenvalue weighted by molar-refractivity contribution is 5.91. The van der Waals surface area contributed by atoms with Gasteiger partial charge in [0.15, 0.2) is 0 Å². The van der Waals surface area contributed by atoms with Crippen LogP contribution in [-0.4, -0.2) is 17.2 Å². The molecule has 5 nitrogen and oxygen atoms in total. The first-order chi connectivity index (χ1) is 12.2. The molecule has 3 rings (SSSR count). The van der Waals surface area contributed by atoms with Crippen LogP contribution in [0.25, 0.3) is 0 Å². The fourth-order valence-electron chi connectivity index (χ4n) is 1.98. The van der Waals surface area contributed by atoms with Gasteiger partial charge in [0.25, 0.3) is 0 Å². The van der Waals surface area contributed by atoms with Crippen molar-refractivity contribution in [3.05, 3.63) is 89.9 Å². The number of halogens is 1. The maximum absolute atomic E-state index is 12.9. The van der Waals surface area contributed by atoms with Crippen molar-refractivity contribution in [1.29, 1.82) is 0 Å². The molecule has 0 spiro atoms.